The number of rotatable bonds is 3. The molecule has 1 saturated heterocycles. The van der Waals surface area contributed by atoms with Crippen LogP contribution in [0.5, 0.6) is 0 Å². The average Bonchev–Trinajstić information content (AvgIpc) is 2.40. The zero-order valence-electron chi connectivity index (χ0n) is 10.3. The fraction of sp³-hybridized carbons (Fsp3) is 0.538. The lowest BCUT2D eigenvalue weighted by molar-refractivity contribution is 0.0637. The highest BCUT2D eigenvalue weighted by molar-refractivity contribution is 5.94. The van der Waals surface area contributed by atoms with Gasteiger partial charge in [0.1, 0.15) is 0 Å². The minimum absolute atomic E-state index is 0.128. The fourth-order valence-corrected chi connectivity index (χ4v) is 2.17. The van der Waals surface area contributed by atoms with Crippen molar-refractivity contribution in [3.8, 4) is 0 Å². The Labute approximate surface area is 102 Å². The maximum absolute atomic E-state index is 12.1. The molecule has 0 aliphatic carbocycles. The largest absolute Gasteiger partial charge is 0.336 e. The highest BCUT2D eigenvalue weighted by atomic mass is 16.2. The fourth-order valence-electron chi connectivity index (χ4n) is 2.17. The van der Waals surface area contributed by atoms with E-state index in [4.69, 9.17) is 0 Å². The van der Waals surface area contributed by atoms with Gasteiger partial charge in [-0.05, 0) is 25.1 Å². The van der Waals surface area contributed by atoms with Gasteiger partial charge in [-0.1, -0.05) is 6.92 Å². The van der Waals surface area contributed by atoms with Crippen molar-refractivity contribution in [1.82, 2.24) is 14.8 Å². The quantitative estimate of drug-likeness (QED) is 0.788. The first-order valence-electron chi connectivity index (χ1n) is 6.23. The maximum atomic E-state index is 12.1. The van der Waals surface area contributed by atoms with Crippen molar-refractivity contribution in [2.75, 3.05) is 32.7 Å². The standard InChI is InChI=1S/C13H19N3O/c1-2-7-15-8-10-16(11-9-15)13(17)12-3-5-14-6-4-12/h3-6H,2,7-11H2,1H3. The van der Waals surface area contributed by atoms with Crippen LogP contribution in [0.15, 0.2) is 24.5 Å². The molecule has 1 aliphatic rings. The molecule has 0 saturated carbocycles. The van der Waals surface area contributed by atoms with Gasteiger partial charge < -0.3 is 4.90 Å². The minimum Gasteiger partial charge on any atom is -0.336 e. The Hall–Kier alpha value is -1.42. The third-order valence-corrected chi connectivity index (χ3v) is 3.13. The monoisotopic (exact) mass is 233 g/mol. The van der Waals surface area contributed by atoms with Gasteiger partial charge in [-0.25, -0.2) is 0 Å². The van der Waals surface area contributed by atoms with E-state index in [9.17, 15) is 4.79 Å². The van der Waals surface area contributed by atoms with Gasteiger partial charge in [0.2, 0.25) is 0 Å². The van der Waals surface area contributed by atoms with E-state index in [1.807, 2.05) is 4.90 Å². The molecule has 0 atom stereocenters. The predicted octanol–water partition coefficient (Wildman–Crippen LogP) is 1.25. The summed E-state index contributed by atoms with van der Waals surface area (Å²) in [6.07, 6.45) is 4.51. The van der Waals surface area contributed by atoms with E-state index < -0.39 is 0 Å². The molecule has 4 heteroatoms. The molecule has 0 spiro atoms. The van der Waals surface area contributed by atoms with Crippen LogP contribution in [0.25, 0.3) is 0 Å². The normalized spacial score (nSPS) is 17.1. The second-order valence-electron chi connectivity index (χ2n) is 4.37. The van der Waals surface area contributed by atoms with E-state index >= 15 is 0 Å². The zero-order chi connectivity index (χ0) is 12.1. The van der Waals surface area contributed by atoms with Crippen LogP contribution >= 0.6 is 0 Å². The molecule has 1 aliphatic heterocycles. The molecule has 1 amide bonds. The van der Waals surface area contributed by atoms with Crippen molar-refractivity contribution in [3.63, 3.8) is 0 Å². The SMILES string of the molecule is CCCN1CCN(C(=O)c2ccncc2)CC1. The van der Waals surface area contributed by atoms with E-state index in [-0.39, 0.29) is 5.91 Å². The predicted molar refractivity (Wildman–Crippen MR) is 66.9 cm³/mol. The number of nitrogens with zero attached hydrogens (tertiary/aromatic N) is 3. The van der Waals surface area contributed by atoms with Crippen molar-refractivity contribution in [2.24, 2.45) is 0 Å². The molecule has 4 nitrogen and oxygen atoms in total. The second kappa shape index (κ2) is 5.77. The van der Waals surface area contributed by atoms with Gasteiger partial charge in [0.15, 0.2) is 0 Å². The summed E-state index contributed by atoms with van der Waals surface area (Å²) in [6, 6.07) is 3.56. The molecular weight excluding hydrogens is 214 g/mol. The molecule has 2 rings (SSSR count). The van der Waals surface area contributed by atoms with Gasteiger partial charge in [-0.3, -0.25) is 14.7 Å². The second-order valence-corrected chi connectivity index (χ2v) is 4.37. The van der Waals surface area contributed by atoms with Crippen LogP contribution in [0, 0.1) is 0 Å². The molecule has 1 fully saturated rings. The molecule has 92 valence electrons. The molecule has 0 bridgehead atoms. The molecular formula is C13H19N3O. The summed E-state index contributed by atoms with van der Waals surface area (Å²) in [6.45, 7) is 6.98. The maximum Gasteiger partial charge on any atom is 0.254 e. The summed E-state index contributed by atoms with van der Waals surface area (Å²) in [5.74, 6) is 0.128. The summed E-state index contributed by atoms with van der Waals surface area (Å²) in [5, 5.41) is 0. The molecule has 0 aromatic carbocycles. The number of pyridine rings is 1. The van der Waals surface area contributed by atoms with Crippen LogP contribution in [0.2, 0.25) is 0 Å². The lowest BCUT2D eigenvalue weighted by Crippen LogP contribution is -2.48. The summed E-state index contributed by atoms with van der Waals surface area (Å²) in [7, 11) is 0. The minimum atomic E-state index is 0.128. The first kappa shape index (κ1) is 12.0. The van der Waals surface area contributed by atoms with E-state index in [1.165, 1.54) is 6.42 Å². The van der Waals surface area contributed by atoms with Crippen LogP contribution in [-0.4, -0.2) is 53.4 Å². The summed E-state index contributed by atoms with van der Waals surface area (Å²) in [5.41, 5.74) is 0.740. The van der Waals surface area contributed by atoms with E-state index in [2.05, 4.69) is 16.8 Å². The van der Waals surface area contributed by atoms with Gasteiger partial charge in [-0.15, -0.1) is 0 Å². The Morgan fingerprint density at radius 1 is 1.24 bits per heavy atom. The van der Waals surface area contributed by atoms with Crippen molar-refractivity contribution < 1.29 is 4.79 Å². The van der Waals surface area contributed by atoms with Crippen molar-refractivity contribution >= 4 is 5.91 Å². The number of aromatic nitrogens is 1. The van der Waals surface area contributed by atoms with Gasteiger partial charge in [0.25, 0.3) is 5.91 Å². The third-order valence-electron chi connectivity index (χ3n) is 3.13. The first-order valence-corrected chi connectivity index (χ1v) is 6.23. The van der Waals surface area contributed by atoms with Gasteiger partial charge in [0.05, 0.1) is 0 Å². The highest BCUT2D eigenvalue weighted by Crippen LogP contribution is 2.08. The molecule has 1 aromatic rings. The van der Waals surface area contributed by atoms with Crippen LogP contribution in [0.1, 0.15) is 23.7 Å². The molecule has 0 N–H and O–H groups in total. The number of hydrogen-bond donors (Lipinski definition) is 0. The Kier molecular flexibility index (Phi) is 4.09. The topological polar surface area (TPSA) is 36.4 Å². The summed E-state index contributed by atoms with van der Waals surface area (Å²) >= 11 is 0. The zero-order valence-corrected chi connectivity index (χ0v) is 10.3. The lowest BCUT2D eigenvalue weighted by Gasteiger charge is -2.34. The molecule has 1 aromatic heterocycles. The number of carbonyl (C=O) groups excluding carboxylic acids is 1. The van der Waals surface area contributed by atoms with Crippen molar-refractivity contribution in [1.29, 1.82) is 0 Å². The molecule has 17 heavy (non-hydrogen) atoms. The molecule has 0 radical (unpaired) electrons. The van der Waals surface area contributed by atoms with Gasteiger partial charge >= 0.3 is 0 Å². The Bertz CT molecular complexity index is 358. The van der Waals surface area contributed by atoms with Crippen LogP contribution < -0.4 is 0 Å². The van der Waals surface area contributed by atoms with Gasteiger partial charge in [0, 0.05) is 44.1 Å². The average molecular weight is 233 g/mol. The van der Waals surface area contributed by atoms with Crippen LogP contribution in [0.3, 0.4) is 0 Å². The number of carbonyl (C=O) groups is 1. The van der Waals surface area contributed by atoms with Gasteiger partial charge in [-0.2, -0.15) is 0 Å². The number of hydrogen-bond acceptors (Lipinski definition) is 3. The van der Waals surface area contributed by atoms with E-state index in [1.54, 1.807) is 24.5 Å². The summed E-state index contributed by atoms with van der Waals surface area (Å²) < 4.78 is 0. The first-order chi connectivity index (χ1) is 8.31. The van der Waals surface area contributed by atoms with Crippen LogP contribution in [0.4, 0.5) is 0 Å². The van der Waals surface area contributed by atoms with E-state index in [0.717, 1.165) is 38.3 Å². The van der Waals surface area contributed by atoms with Crippen molar-refractivity contribution in [3.05, 3.63) is 30.1 Å². The molecule has 2 heterocycles. The molecule has 0 unspecified atom stereocenters. The Morgan fingerprint density at radius 3 is 2.47 bits per heavy atom. The number of amides is 1. The Morgan fingerprint density at radius 2 is 1.88 bits per heavy atom. The number of piperazine rings is 1. The van der Waals surface area contributed by atoms with E-state index in [0.29, 0.717) is 0 Å². The Balaban J connectivity index is 1.91. The summed E-state index contributed by atoms with van der Waals surface area (Å²) in [4.78, 5) is 20.4. The highest BCUT2D eigenvalue weighted by Gasteiger charge is 2.21. The smallest absolute Gasteiger partial charge is 0.254 e. The van der Waals surface area contributed by atoms with Crippen LogP contribution in [-0.2, 0) is 0 Å². The third kappa shape index (κ3) is 3.03. The van der Waals surface area contributed by atoms with Crippen molar-refractivity contribution in [2.45, 2.75) is 13.3 Å². The lowest BCUT2D eigenvalue weighted by atomic mass is 10.2.